The molecule has 1 saturated carbocycles. The first kappa shape index (κ1) is 27.7. The summed E-state index contributed by atoms with van der Waals surface area (Å²) in [4.78, 5) is 22.6. The number of hydrogen-bond acceptors (Lipinski definition) is 4. The molecule has 0 aliphatic heterocycles. The quantitative estimate of drug-likeness (QED) is 0.292. The molecule has 0 bridgehead atoms. The molecule has 3 rings (SSSR count). The molecule has 1 N–H and O–H groups in total. The number of rotatable bonds is 8. The molecule has 0 radical (unpaired) electrons. The lowest BCUT2D eigenvalue weighted by Gasteiger charge is -2.37. The number of benzene rings is 2. The Labute approximate surface area is 209 Å². The van der Waals surface area contributed by atoms with E-state index in [1.165, 1.54) is 30.3 Å². The van der Waals surface area contributed by atoms with Gasteiger partial charge in [0.25, 0.3) is 0 Å². The van der Waals surface area contributed by atoms with E-state index in [9.17, 15) is 28.1 Å². The molecule has 9 heteroatoms. The van der Waals surface area contributed by atoms with E-state index in [0.717, 1.165) is 12.8 Å². The summed E-state index contributed by atoms with van der Waals surface area (Å²) in [6, 6.07) is 6.70. The van der Waals surface area contributed by atoms with Gasteiger partial charge in [0, 0.05) is 23.3 Å². The first-order valence-corrected chi connectivity index (χ1v) is 12.4. The van der Waals surface area contributed by atoms with E-state index >= 15 is 0 Å². The van der Waals surface area contributed by atoms with E-state index in [1.54, 1.807) is 6.92 Å². The van der Waals surface area contributed by atoms with Gasteiger partial charge in [-0.1, -0.05) is 45.9 Å². The first-order chi connectivity index (χ1) is 16.7. The SMILES string of the molecule is CCC(CCC(=O)O)(c1ccc2c(C(F)(F)F)c(OC3CCC(C(C)(C)C)CC3)ccc2c1)[N+](=O)[O-]. The molecular weight excluding hydrogens is 475 g/mol. The average Bonchev–Trinajstić information content (AvgIpc) is 2.78. The van der Waals surface area contributed by atoms with Gasteiger partial charge in [0.05, 0.1) is 12.5 Å². The fraction of sp³-hybridized carbons (Fsp3) is 0.593. The van der Waals surface area contributed by atoms with Crippen molar-refractivity contribution in [2.24, 2.45) is 11.3 Å². The molecule has 1 aliphatic carbocycles. The normalized spacial score (nSPS) is 20.6. The molecule has 0 aromatic heterocycles. The third kappa shape index (κ3) is 5.76. The lowest BCUT2D eigenvalue weighted by atomic mass is 9.72. The Bertz CT molecular complexity index is 1120. The van der Waals surface area contributed by atoms with Crippen LogP contribution in [-0.4, -0.2) is 22.1 Å². The van der Waals surface area contributed by atoms with Crippen LogP contribution in [-0.2, 0) is 16.5 Å². The van der Waals surface area contributed by atoms with Crippen LogP contribution in [0.4, 0.5) is 13.2 Å². The van der Waals surface area contributed by atoms with Gasteiger partial charge in [0.1, 0.15) is 11.3 Å². The Kier molecular flexibility index (Phi) is 7.91. The Morgan fingerprint density at radius 2 is 1.75 bits per heavy atom. The monoisotopic (exact) mass is 509 g/mol. The van der Waals surface area contributed by atoms with Gasteiger partial charge in [0.2, 0.25) is 5.54 Å². The maximum Gasteiger partial charge on any atom is 0.420 e. The number of ether oxygens (including phenoxy) is 1. The van der Waals surface area contributed by atoms with Gasteiger partial charge < -0.3 is 9.84 Å². The summed E-state index contributed by atoms with van der Waals surface area (Å²) in [5, 5.41) is 21.2. The Balaban J connectivity index is 1.99. The third-order valence-electron chi connectivity index (χ3n) is 7.68. The highest BCUT2D eigenvalue weighted by molar-refractivity contribution is 5.89. The number of alkyl halides is 3. The van der Waals surface area contributed by atoms with E-state index in [1.807, 2.05) is 0 Å². The molecule has 1 aliphatic rings. The second kappa shape index (κ2) is 10.3. The van der Waals surface area contributed by atoms with Crippen LogP contribution in [0.2, 0.25) is 0 Å². The molecule has 1 unspecified atom stereocenters. The van der Waals surface area contributed by atoms with Crippen molar-refractivity contribution in [3.8, 4) is 5.75 Å². The van der Waals surface area contributed by atoms with Crippen molar-refractivity contribution in [1.29, 1.82) is 0 Å². The van der Waals surface area contributed by atoms with Gasteiger partial charge in [-0.15, -0.1) is 0 Å². The van der Waals surface area contributed by atoms with Gasteiger partial charge in [-0.25, -0.2) is 0 Å². The van der Waals surface area contributed by atoms with E-state index in [2.05, 4.69) is 20.8 Å². The lowest BCUT2D eigenvalue weighted by Crippen LogP contribution is -2.35. The zero-order chi connectivity index (χ0) is 26.9. The van der Waals surface area contributed by atoms with E-state index in [4.69, 9.17) is 9.84 Å². The Hall–Kier alpha value is -2.84. The smallest absolute Gasteiger partial charge is 0.420 e. The highest BCUT2D eigenvalue weighted by Crippen LogP contribution is 2.45. The number of nitro groups is 1. The van der Waals surface area contributed by atoms with Gasteiger partial charge in [-0.3, -0.25) is 14.9 Å². The molecule has 198 valence electrons. The third-order valence-corrected chi connectivity index (χ3v) is 7.68. The highest BCUT2D eigenvalue weighted by Gasteiger charge is 2.44. The molecule has 0 saturated heterocycles. The second-order valence-corrected chi connectivity index (χ2v) is 10.9. The van der Waals surface area contributed by atoms with E-state index < -0.39 is 34.6 Å². The molecule has 2 aromatic rings. The lowest BCUT2D eigenvalue weighted by molar-refractivity contribution is -0.581. The molecule has 0 amide bonds. The minimum atomic E-state index is -4.69. The van der Waals surface area contributed by atoms with E-state index in [-0.39, 0.29) is 46.4 Å². The molecule has 1 fully saturated rings. The second-order valence-electron chi connectivity index (χ2n) is 10.9. The van der Waals surface area contributed by atoms with Crippen molar-refractivity contribution >= 4 is 16.7 Å². The molecule has 1 atom stereocenters. The molecular formula is C27H34F3NO5. The van der Waals surface area contributed by atoms with Crippen molar-refractivity contribution in [2.75, 3.05) is 0 Å². The van der Waals surface area contributed by atoms with Crippen LogP contribution in [0, 0.1) is 21.4 Å². The van der Waals surface area contributed by atoms with Gasteiger partial charge in [-0.05, 0) is 59.9 Å². The summed E-state index contributed by atoms with van der Waals surface area (Å²) >= 11 is 0. The van der Waals surface area contributed by atoms with Crippen LogP contribution in [0.3, 0.4) is 0 Å². The number of aliphatic carboxylic acids is 1. The summed E-state index contributed by atoms with van der Waals surface area (Å²) < 4.78 is 48.6. The van der Waals surface area contributed by atoms with Crippen molar-refractivity contribution in [3.05, 3.63) is 51.6 Å². The molecule has 0 spiro atoms. The Morgan fingerprint density at radius 3 is 2.25 bits per heavy atom. The fourth-order valence-corrected chi connectivity index (χ4v) is 5.38. The number of carbonyl (C=O) groups is 1. The van der Waals surface area contributed by atoms with Gasteiger partial charge in [-0.2, -0.15) is 13.2 Å². The predicted octanol–water partition coefficient (Wildman–Crippen LogP) is 7.59. The number of fused-ring (bicyclic) bond motifs is 1. The van der Waals surface area contributed by atoms with Crippen LogP contribution in [0.15, 0.2) is 30.3 Å². The molecule has 36 heavy (non-hydrogen) atoms. The summed E-state index contributed by atoms with van der Waals surface area (Å²) in [6.45, 7) is 8.09. The number of hydrogen-bond donors (Lipinski definition) is 1. The Morgan fingerprint density at radius 1 is 1.11 bits per heavy atom. The first-order valence-electron chi connectivity index (χ1n) is 12.4. The van der Waals surface area contributed by atoms with Gasteiger partial charge in [0.15, 0.2) is 0 Å². The van der Waals surface area contributed by atoms with Crippen molar-refractivity contribution in [1.82, 2.24) is 0 Å². The predicted molar refractivity (Wildman–Crippen MR) is 131 cm³/mol. The van der Waals surface area contributed by atoms with Crippen LogP contribution in [0.5, 0.6) is 5.75 Å². The van der Waals surface area contributed by atoms with Crippen LogP contribution >= 0.6 is 0 Å². The minimum Gasteiger partial charge on any atom is -0.490 e. The average molecular weight is 510 g/mol. The molecule has 6 nitrogen and oxygen atoms in total. The number of carboxylic acid groups (broad SMARTS) is 1. The number of carboxylic acids is 1. The van der Waals surface area contributed by atoms with E-state index in [0.29, 0.717) is 18.8 Å². The maximum absolute atomic E-state index is 14.2. The van der Waals surface area contributed by atoms with Crippen molar-refractivity contribution < 1.29 is 32.7 Å². The standard InChI is InChI=1S/C27H34F3NO5/c1-5-26(31(34)35,15-14-23(32)33)19-9-12-21-17(16-19)6-13-22(24(21)27(28,29)30)36-20-10-7-18(8-11-20)25(2,3)4/h6,9,12-13,16,18,20H,5,7-8,10-11,14-15H2,1-4H3,(H,32,33). The van der Waals surface area contributed by atoms with Crippen molar-refractivity contribution in [2.45, 2.75) is 90.5 Å². The largest absolute Gasteiger partial charge is 0.490 e. The summed E-state index contributed by atoms with van der Waals surface area (Å²) in [5.41, 5.74) is -2.26. The zero-order valence-electron chi connectivity index (χ0n) is 21.2. The van der Waals surface area contributed by atoms with Crippen LogP contribution < -0.4 is 4.74 Å². The topological polar surface area (TPSA) is 89.7 Å². The highest BCUT2D eigenvalue weighted by atomic mass is 19.4. The number of halogens is 3. The van der Waals surface area contributed by atoms with Crippen molar-refractivity contribution in [3.63, 3.8) is 0 Å². The maximum atomic E-state index is 14.2. The van der Waals surface area contributed by atoms with Crippen LogP contribution in [0.1, 0.15) is 83.8 Å². The zero-order valence-corrected chi connectivity index (χ0v) is 21.2. The fourth-order valence-electron chi connectivity index (χ4n) is 5.38. The summed E-state index contributed by atoms with van der Waals surface area (Å²) in [5.74, 6) is -0.909. The van der Waals surface area contributed by atoms with Crippen LogP contribution in [0.25, 0.3) is 10.8 Å². The molecule has 0 heterocycles. The summed E-state index contributed by atoms with van der Waals surface area (Å²) in [7, 11) is 0. The number of nitrogens with zero attached hydrogens (tertiary/aromatic N) is 1. The molecule has 2 aromatic carbocycles. The minimum absolute atomic E-state index is 0.00332. The summed E-state index contributed by atoms with van der Waals surface area (Å²) in [6.07, 6.45) is -2.53. The van der Waals surface area contributed by atoms with Gasteiger partial charge >= 0.3 is 12.1 Å².